The molecule has 3 heterocycles. The number of hydrogen-bond acceptors (Lipinski definition) is 10. The number of nitrogens with zero attached hydrogens (tertiary/aromatic N) is 5. The highest BCUT2D eigenvalue weighted by atomic mass is 32.2. The van der Waals surface area contributed by atoms with Gasteiger partial charge in [0.05, 0.1) is 41.3 Å². The Kier molecular flexibility index (Phi) is 5.59. The number of esters is 2. The molecule has 1 aromatic carbocycles. The van der Waals surface area contributed by atoms with Crippen molar-refractivity contribution in [3.63, 3.8) is 0 Å². The van der Waals surface area contributed by atoms with E-state index >= 15 is 0 Å². The van der Waals surface area contributed by atoms with Gasteiger partial charge in [0, 0.05) is 12.1 Å². The van der Waals surface area contributed by atoms with Crippen LogP contribution in [0.5, 0.6) is 0 Å². The van der Waals surface area contributed by atoms with Gasteiger partial charge in [0.1, 0.15) is 12.6 Å². The van der Waals surface area contributed by atoms with Crippen LogP contribution < -0.4 is 0 Å². The van der Waals surface area contributed by atoms with E-state index < -0.39 is 27.7 Å². The zero-order valence-electron chi connectivity index (χ0n) is 17.2. The third-order valence-corrected chi connectivity index (χ3v) is 6.99. The van der Waals surface area contributed by atoms with Crippen molar-refractivity contribution in [1.82, 2.24) is 19.9 Å². The van der Waals surface area contributed by atoms with Crippen LogP contribution in [-0.4, -0.2) is 65.9 Å². The highest BCUT2D eigenvalue weighted by Gasteiger charge is 2.61. The second-order valence-electron chi connectivity index (χ2n) is 7.59. The molecule has 2 saturated heterocycles. The number of non-ortho nitro benzene ring substituents is 1. The smallest absolute Gasteiger partial charge is 0.358 e. The molecular weight excluding hydrogens is 442 g/mol. The minimum Gasteiger partial charge on any atom is -0.464 e. The summed E-state index contributed by atoms with van der Waals surface area (Å²) in [6.45, 7) is 1.83. The summed E-state index contributed by atoms with van der Waals surface area (Å²) in [6.07, 6.45) is 1.59. The number of β-lactam (4-membered cyclic amide) rings is 1. The minimum atomic E-state index is -0.897. The fourth-order valence-electron chi connectivity index (χ4n) is 3.85. The molecule has 0 spiro atoms. The van der Waals surface area contributed by atoms with E-state index in [1.807, 2.05) is 6.92 Å². The van der Waals surface area contributed by atoms with Crippen molar-refractivity contribution >= 4 is 35.3 Å². The van der Waals surface area contributed by atoms with Crippen molar-refractivity contribution in [3.8, 4) is 0 Å². The van der Waals surface area contributed by atoms with E-state index in [-0.39, 0.29) is 35.8 Å². The number of amides is 1. The lowest BCUT2D eigenvalue weighted by Gasteiger charge is -2.37. The summed E-state index contributed by atoms with van der Waals surface area (Å²) >= 11 is 1.44. The zero-order valence-corrected chi connectivity index (χ0v) is 18.0. The molecule has 0 saturated carbocycles. The SMILES string of the molecule is COC(=O)c1cnnn1C[C@]1(C)S[C@@H]2CC(=O)N2[C@H]1C(=O)OCc1ccc([N+](=O)[O-])cc1. The molecule has 2 aliphatic rings. The molecular formula is C19H19N5O7S. The number of hydrogen-bond donors (Lipinski definition) is 0. The molecule has 0 radical (unpaired) electrons. The summed E-state index contributed by atoms with van der Waals surface area (Å²) in [5.41, 5.74) is 0.642. The number of fused-ring (bicyclic) bond motifs is 1. The quantitative estimate of drug-likeness (QED) is 0.254. The van der Waals surface area contributed by atoms with Crippen molar-refractivity contribution < 1.29 is 28.8 Å². The molecule has 3 atom stereocenters. The van der Waals surface area contributed by atoms with Gasteiger partial charge in [-0.3, -0.25) is 14.9 Å². The van der Waals surface area contributed by atoms with E-state index in [0.717, 1.165) is 0 Å². The number of carbonyl (C=O) groups excluding carboxylic acids is 3. The van der Waals surface area contributed by atoms with Gasteiger partial charge in [-0.25, -0.2) is 14.3 Å². The van der Waals surface area contributed by atoms with E-state index in [1.165, 1.54) is 58.9 Å². The van der Waals surface area contributed by atoms with Crippen LogP contribution in [0.2, 0.25) is 0 Å². The maximum absolute atomic E-state index is 13.1. The van der Waals surface area contributed by atoms with Crippen molar-refractivity contribution in [2.24, 2.45) is 0 Å². The lowest BCUT2D eigenvalue weighted by Crippen LogP contribution is -2.58. The Labute approximate surface area is 186 Å². The van der Waals surface area contributed by atoms with Crippen LogP contribution >= 0.6 is 11.8 Å². The maximum atomic E-state index is 13.1. The molecule has 1 amide bonds. The molecule has 2 fully saturated rings. The average molecular weight is 461 g/mol. The van der Waals surface area contributed by atoms with Gasteiger partial charge in [-0.15, -0.1) is 16.9 Å². The second-order valence-corrected chi connectivity index (χ2v) is 9.31. The summed E-state index contributed by atoms with van der Waals surface area (Å²) < 4.78 is 10.7. The maximum Gasteiger partial charge on any atom is 0.358 e. The molecule has 1 aromatic heterocycles. The minimum absolute atomic E-state index is 0.0666. The summed E-state index contributed by atoms with van der Waals surface area (Å²) in [5, 5.41) is 18.3. The molecule has 2 aromatic rings. The van der Waals surface area contributed by atoms with Gasteiger partial charge in [0.2, 0.25) is 5.91 Å². The molecule has 0 unspecified atom stereocenters. The van der Waals surface area contributed by atoms with Crippen LogP contribution in [0.25, 0.3) is 0 Å². The number of methoxy groups -OCH3 is 1. The van der Waals surface area contributed by atoms with Crippen LogP contribution in [0.3, 0.4) is 0 Å². The van der Waals surface area contributed by atoms with Crippen molar-refractivity contribution in [2.45, 2.75) is 42.7 Å². The molecule has 168 valence electrons. The first-order chi connectivity index (χ1) is 15.2. The topological polar surface area (TPSA) is 147 Å². The van der Waals surface area contributed by atoms with Crippen molar-refractivity contribution in [2.75, 3.05) is 7.11 Å². The van der Waals surface area contributed by atoms with Crippen LogP contribution in [0.4, 0.5) is 5.69 Å². The Morgan fingerprint density at radius 1 is 1.34 bits per heavy atom. The average Bonchev–Trinajstić information content (AvgIpc) is 3.31. The van der Waals surface area contributed by atoms with Gasteiger partial charge in [-0.05, 0) is 24.6 Å². The summed E-state index contributed by atoms with van der Waals surface area (Å²) in [6, 6.07) is 4.76. The normalized spacial score (nSPS) is 23.9. The van der Waals surface area contributed by atoms with Gasteiger partial charge in [-0.2, -0.15) is 0 Å². The van der Waals surface area contributed by atoms with Crippen molar-refractivity contribution in [1.29, 1.82) is 0 Å². The van der Waals surface area contributed by atoms with E-state index in [4.69, 9.17) is 9.47 Å². The number of benzene rings is 1. The predicted molar refractivity (Wildman–Crippen MR) is 109 cm³/mol. The number of nitro benzene ring substituents is 1. The van der Waals surface area contributed by atoms with Gasteiger partial charge in [-0.1, -0.05) is 5.21 Å². The van der Waals surface area contributed by atoms with Crippen LogP contribution in [0.15, 0.2) is 30.5 Å². The zero-order chi connectivity index (χ0) is 23.0. The summed E-state index contributed by atoms with van der Waals surface area (Å²) in [4.78, 5) is 49.1. The molecule has 12 nitrogen and oxygen atoms in total. The fourth-order valence-corrected chi connectivity index (χ4v) is 5.58. The van der Waals surface area contributed by atoms with Gasteiger partial charge >= 0.3 is 11.9 Å². The van der Waals surface area contributed by atoms with E-state index in [1.54, 1.807) is 0 Å². The standard InChI is InChI=1S/C19H19N5O7S/c1-19(10-22-13(8-20-21-22)17(26)30-2)16(23-14(25)7-15(23)32-19)18(27)31-9-11-3-5-12(6-4-11)24(28)29/h3-6,8,15-16H,7,9-10H2,1-2H3/t15-,16+,19+/m1/s1. The molecule has 0 aliphatic carbocycles. The Morgan fingerprint density at radius 2 is 2.06 bits per heavy atom. The number of nitro groups is 1. The number of aromatic nitrogens is 3. The van der Waals surface area contributed by atoms with E-state index in [9.17, 15) is 24.5 Å². The Hall–Kier alpha value is -3.48. The van der Waals surface area contributed by atoms with Crippen LogP contribution in [0, 0.1) is 10.1 Å². The third-order valence-electron chi connectivity index (χ3n) is 5.44. The summed E-state index contributed by atoms with van der Waals surface area (Å²) in [5.74, 6) is -1.37. The monoisotopic (exact) mass is 461 g/mol. The molecule has 13 heteroatoms. The third kappa shape index (κ3) is 3.79. The van der Waals surface area contributed by atoms with Gasteiger partial charge in [0.15, 0.2) is 5.69 Å². The summed E-state index contributed by atoms with van der Waals surface area (Å²) in [7, 11) is 1.24. The molecule has 32 heavy (non-hydrogen) atoms. The predicted octanol–water partition coefficient (Wildman–Crippen LogP) is 1.15. The molecule has 2 aliphatic heterocycles. The number of thioether (sulfide) groups is 1. The molecule has 4 rings (SSSR count). The highest BCUT2D eigenvalue weighted by molar-refractivity contribution is 8.01. The van der Waals surface area contributed by atoms with Crippen molar-refractivity contribution in [3.05, 3.63) is 51.8 Å². The van der Waals surface area contributed by atoms with Gasteiger partial charge < -0.3 is 14.4 Å². The number of rotatable bonds is 7. The molecule has 0 N–H and O–H groups in total. The number of carbonyl (C=O) groups is 3. The van der Waals surface area contributed by atoms with Crippen LogP contribution in [-0.2, 0) is 32.2 Å². The fraction of sp³-hybridized carbons (Fsp3) is 0.421. The van der Waals surface area contributed by atoms with Gasteiger partial charge in [0.25, 0.3) is 5.69 Å². The number of ether oxygens (including phenoxy) is 2. The van der Waals surface area contributed by atoms with E-state index in [0.29, 0.717) is 12.0 Å². The first-order valence-electron chi connectivity index (χ1n) is 9.59. The molecule has 0 bridgehead atoms. The Balaban J connectivity index is 1.52. The largest absolute Gasteiger partial charge is 0.464 e. The first kappa shape index (κ1) is 21.7. The lowest BCUT2D eigenvalue weighted by atomic mass is 9.96. The van der Waals surface area contributed by atoms with Crippen LogP contribution in [0.1, 0.15) is 29.4 Å². The Morgan fingerprint density at radius 3 is 2.69 bits per heavy atom. The first-order valence-corrected chi connectivity index (χ1v) is 10.5. The van der Waals surface area contributed by atoms with E-state index in [2.05, 4.69) is 10.3 Å². The Bertz CT molecular complexity index is 1090. The second kappa shape index (κ2) is 8.22. The lowest BCUT2D eigenvalue weighted by molar-refractivity contribution is -0.384. The highest BCUT2D eigenvalue weighted by Crippen LogP contribution is 2.52.